The third-order valence-electron chi connectivity index (χ3n) is 1.66. The van der Waals surface area contributed by atoms with Gasteiger partial charge in [-0.15, -0.1) is 0 Å². The molecule has 0 unspecified atom stereocenters. The van der Waals surface area contributed by atoms with E-state index in [0.29, 0.717) is 6.42 Å². The highest BCUT2D eigenvalue weighted by Gasteiger charge is 2.14. The van der Waals surface area contributed by atoms with E-state index in [4.69, 9.17) is 5.26 Å². The van der Waals surface area contributed by atoms with Crippen LogP contribution in [0.1, 0.15) is 12.8 Å². The summed E-state index contributed by atoms with van der Waals surface area (Å²) in [6, 6.07) is 6.66. The van der Waals surface area contributed by atoms with Crippen LogP contribution in [-0.4, -0.2) is 19.2 Å². The Bertz CT molecular complexity index is 420. The van der Waals surface area contributed by atoms with Gasteiger partial charge in [0.2, 0.25) is 0 Å². The van der Waals surface area contributed by atoms with E-state index in [2.05, 4.69) is 4.98 Å². The van der Waals surface area contributed by atoms with Crippen LogP contribution in [0.15, 0.2) is 29.4 Å². The Morgan fingerprint density at radius 1 is 1.43 bits per heavy atom. The molecule has 0 radical (unpaired) electrons. The molecule has 74 valence electrons. The fourth-order valence-electron chi connectivity index (χ4n) is 0.977. The zero-order valence-corrected chi connectivity index (χ0v) is 8.37. The zero-order valence-electron chi connectivity index (χ0n) is 7.55. The summed E-state index contributed by atoms with van der Waals surface area (Å²) in [5, 5.41) is 8.35. The number of hydrogen-bond donors (Lipinski definition) is 0. The number of nitriles is 1. The molecule has 0 bridgehead atoms. The Labute approximate surface area is 83.1 Å². The minimum Gasteiger partial charge on any atom is -0.245 e. The van der Waals surface area contributed by atoms with Crippen molar-refractivity contribution in [1.82, 2.24) is 4.98 Å². The standard InChI is InChI=1S/C9H10N2O2S/c10-6-2-4-8-14(12,13)9-5-1-3-7-11-9/h1,3,5,7H,2,4,8H2. The van der Waals surface area contributed by atoms with Crippen molar-refractivity contribution in [2.45, 2.75) is 17.9 Å². The van der Waals surface area contributed by atoms with Crippen molar-refractivity contribution >= 4 is 9.84 Å². The van der Waals surface area contributed by atoms with Crippen molar-refractivity contribution in [2.24, 2.45) is 0 Å². The van der Waals surface area contributed by atoms with Gasteiger partial charge < -0.3 is 0 Å². The van der Waals surface area contributed by atoms with Gasteiger partial charge in [0.05, 0.1) is 11.8 Å². The first-order valence-electron chi connectivity index (χ1n) is 4.17. The second-order valence-corrected chi connectivity index (χ2v) is 4.80. The molecule has 1 heterocycles. The quantitative estimate of drug-likeness (QED) is 0.699. The van der Waals surface area contributed by atoms with E-state index >= 15 is 0 Å². The van der Waals surface area contributed by atoms with E-state index in [0.717, 1.165) is 0 Å². The topological polar surface area (TPSA) is 70.8 Å². The smallest absolute Gasteiger partial charge is 0.195 e. The van der Waals surface area contributed by atoms with Crippen LogP contribution in [0.25, 0.3) is 0 Å². The van der Waals surface area contributed by atoms with E-state index in [-0.39, 0.29) is 17.2 Å². The van der Waals surface area contributed by atoms with Crippen LogP contribution in [0, 0.1) is 11.3 Å². The van der Waals surface area contributed by atoms with Gasteiger partial charge in [0.1, 0.15) is 0 Å². The first kappa shape index (κ1) is 10.7. The van der Waals surface area contributed by atoms with Crippen molar-refractivity contribution in [3.05, 3.63) is 24.4 Å². The molecular weight excluding hydrogens is 200 g/mol. The number of aromatic nitrogens is 1. The average molecular weight is 210 g/mol. The molecule has 14 heavy (non-hydrogen) atoms. The molecule has 1 aromatic rings. The molecule has 1 rings (SSSR count). The maximum Gasteiger partial charge on any atom is 0.195 e. The largest absolute Gasteiger partial charge is 0.245 e. The summed E-state index contributed by atoms with van der Waals surface area (Å²) >= 11 is 0. The second-order valence-electron chi connectivity index (χ2n) is 2.75. The first-order chi connectivity index (χ1) is 6.67. The van der Waals surface area contributed by atoms with Crippen LogP contribution >= 0.6 is 0 Å². The van der Waals surface area contributed by atoms with E-state index < -0.39 is 9.84 Å². The Kier molecular flexibility index (Phi) is 3.60. The van der Waals surface area contributed by atoms with Crippen molar-refractivity contribution in [1.29, 1.82) is 5.26 Å². The molecule has 0 N–H and O–H groups in total. The predicted octanol–water partition coefficient (Wildman–Crippen LogP) is 1.16. The third-order valence-corrected chi connectivity index (χ3v) is 3.36. The average Bonchev–Trinajstić information content (AvgIpc) is 2.19. The van der Waals surface area contributed by atoms with Crippen LogP contribution in [-0.2, 0) is 9.84 Å². The highest BCUT2D eigenvalue weighted by Crippen LogP contribution is 2.08. The highest BCUT2D eigenvalue weighted by atomic mass is 32.2. The highest BCUT2D eigenvalue weighted by molar-refractivity contribution is 7.91. The fourth-order valence-corrected chi connectivity index (χ4v) is 2.22. The normalized spacial score (nSPS) is 10.8. The monoisotopic (exact) mass is 210 g/mol. The van der Waals surface area contributed by atoms with Gasteiger partial charge in [-0.1, -0.05) is 6.07 Å². The molecule has 0 aliphatic rings. The zero-order chi connectivity index (χ0) is 10.4. The number of sulfone groups is 1. The van der Waals surface area contributed by atoms with Crippen LogP contribution in [0.2, 0.25) is 0 Å². The minimum absolute atomic E-state index is 0.0163. The molecule has 4 nitrogen and oxygen atoms in total. The molecule has 0 aliphatic heterocycles. The Morgan fingerprint density at radius 2 is 2.21 bits per heavy atom. The van der Waals surface area contributed by atoms with Crippen molar-refractivity contribution in [3.63, 3.8) is 0 Å². The summed E-state index contributed by atoms with van der Waals surface area (Å²) in [5.41, 5.74) is 0. The molecule has 0 saturated heterocycles. The Balaban J connectivity index is 2.73. The third kappa shape index (κ3) is 2.82. The molecule has 0 aliphatic carbocycles. The number of hydrogen-bond acceptors (Lipinski definition) is 4. The number of pyridine rings is 1. The lowest BCUT2D eigenvalue weighted by Crippen LogP contribution is -2.08. The lowest BCUT2D eigenvalue weighted by atomic mass is 10.4. The van der Waals surface area contributed by atoms with Crippen LogP contribution in [0.3, 0.4) is 0 Å². The van der Waals surface area contributed by atoms with Crippen molar-refractivity contribution in [2.75, 3.05) is 5.75 Å². The molecule has 1 aromatic heterocycles. The summed E-state index contributed by atoms with van der Waals surface area (Å²) in [6.45, 7) is 0. The molecule has 5 heteroatoms. The van der Waals surface area contributed by atoms with E-state index in [1.54, 1.807) is 12.1 Å². The predicted molar refractivity (Wildman–Crippen MR) is 51.1 cm³/mol. The first-order valence-corrected chi connectivity index (χ1v) is 5.83. The van der Waals surface area contributed by atoms with Gasteiger partial charge in [0.15, 0.2) is 14.9 Å². The minimum atomic E-state index is -3.29. The summed E-state index contributed by atoms with van der Waals surface area (Å²) in [7, 11) is -3.29. The fraction of sp³-hybridized carbons (Fsp3) is 0.333. The van der Waals surface area contributed by atoms with Gasteiger partial charge in [-0.05, 0) is 18.6 Å². The Morgan fingerprint density at radius 3 is 2.79 bits per heavy atom. The SMILES string of the molecule is N#CCCCS(=O)(=O)c1ccccn1. The van der Waals surface area contributed by atoms with E-state index in [9.17, 15) is 8.42 Å². The molecule has 0 atom stereocenters. The summed E-state index contributed by atoms with van der Waals surface area (Å²) < 4.78 is 23.1. The van der Waals surface area contributed by atoms with Crippen molar-refractivity contribution < 1.29 is 8.42 Å². The number of rotatable bonds is 4. The number of nitrogens with zero attached hydrogens (tertiary/aromatic N) is 2. The van der Waals surface area contributed by atoms with Gasteiger partial charge >= 0.3 is 0 Å². The van der Waals surface area contributed by atoms with Crippen LogP contribution in [0.5, 0.6) is 0 Å². The summed E-state index contributed by atoms with van der Waals surface area (Å²) in [6.07, 6.45) is 2.05. The summed E-state index contributed by atoms with van der Waals surface area (Å²) in [4.78, 5) is 3.76. The van der Waals surface area contributed by atoms with Gasteiger partial charge in [0, 0.05) is 12.6 Å². The molecule has 0 fully saturated rings. The van der Waals surface area contributed by atoms with Crippen LogP contribution in [0.4, 0.5) is 0 Å². The van der Waals surface area contributed by atoms with E-state index in [1.165, 1.54) is 12.3 Å². The van der Waals surface area contributed by atoms with Gasteiger partial charge in [-0.3, -0.25) is 0 Å². The molecule has 0 saturated carbocycles. The second kappa shape index (κ2) is 4.72. The summed E-state index contributed by atoms with van der Waals surface area (Å²) in [5.74, 6) is -0.0163. The maximum absolute atomic E-state index is 11.5. The lowest BCUT2D eigenvalue weighted by Gasteiger charge is -2.00. The van der Waals surface area contributed by atoms with Crippen LogP contribution < -0.4 is 0 Å². The molecular formula is C9H10N2O2S. The molecule has 0 amide bonds. The lowest BCUT2D eigenvalue weighted by molar-refractivity contribution is 0.590. The molecule has 0 aromatic carbocycles. The van der Waals surface area contributed by atoms with E-state index in [1.807, 2.05) is 6.07 Å². The molecule has 0 spiro atoms. The van der Waals surface area contributed by atoms with Crippen molar-refractivity contribution in [3.8, 4) is 6.07 Å². The van der Waals surface area contributed by atoms with Gasteiger partial charge in [-0.25, -0.2) is 13.4 Å². The van der Waals surface area contributed by atoms with Gasteiger partial charge in [-0.2, -0.15) is 5.26 Å². The maximum atomic E-state index is 11.5. The van der Waals surface area contributed by atoms with Gasteiger partial charge in [0.25, 0.3) is 0 Å². The Hall–Kier alpha value is -1.41. The number of unbranched alkanes of at least 4 members (excludes halogenated alkanes) is 1.